The third-order valence-electron chi connectivity index (χ3n) is 13.8. The van der Waals surface area contributed by atoms with Crippen molar-refractivity contribution in [2.24, 2.45) is 23.2 Å². The quantitative estimate of drug-likeness (QED) is 0.0739. The summed E-state index contributed by atoms with van der Waals surface area (Å²) >= 11 is 0. The molecule has 4 amide bonds. The fourth-order valence-electron chi connectivity index (χ4n) is 9.99. The maximum absolute atomic E-state index is 12.8. The summed E-state index contributed by atoms with van der Waals surface area (Å²) in [4.78, 5) is 50.1. The second kappa shape index (κ2) is 20.9. The molecule has 3 fully saturated rings. The highest BCUT2D eigenvalue weighted by Crippen LogP contribution is 2.60. The van der Waals surface area contributed by atoms with Crippen molar-refractivity contribution >= 4 is 23.6 Å². The van der Waals surface area contributed by atoms with Crippen LogP contribution in [0, 0.1) is 23.2 Å². The molecule has 6 atom stereocenters. The van der Waals surface area contributed by atoms with Crippen LogP contribution in [0.3, 0.4) is 0 Å². The van der Waals surface area contributed by atoms with Crippen LogP contribution in [-0.2, 0) is 28.7 Å². The van der Waals surface area contributed by atoms with Crippen molar-refractivity contribution in [3.63, 3.8) is 0 Å². The number of fused-ring (bicyclic) bond motifs is 1. The Kier molecular flexibility index (Phi) is 17.2. The van der Waals surface area contributed by atoms with Gasteiger partial charge in [0.1, 0.15) is 0 Å². The highest BCUT2D eigenvalue weighted by Gasteiger charge is 2.50. The van der Waals surface area contributed by atoms with Gasteiger partial charge >= 0.3 is 0 Å². The average Bonchev–Trinajstić information content (AvgIpc) is 3.66. The SMILES string of the molecule is C=C1CC[C@H](OCCCNC(=O)CC(C)(C)OCCC(C)(CC)NC(=O)CCN2C(=O)C=CC2=O)C/C1=C/C=C1\CCC[C@]2(C)[C@@H]([C@H](C)CCCC(C)(C)O)CC[C@@H]12. The second-order valence-electron chi connectivity index (χ2n) is 19.7. The fraction of sp³-hybridized carbons (Fsp3) is 0.750. The van der Waals surface area contributed by atoms with Crippen LogP contribution in [0.5, 0.6) is 0 Å². The van der Waals surface area contributed by atoms with E-state index >= 15 is 0 Å². The van der Waals surface area contributed by atoms with Crippen LogP contribution in [0.15, 0.2) is 47.6 Å². The molecule has 0 saturated heterocycles. The smallest absolute Gasteiger partial charge is 0.253 e. The monoisotopic (exact) mass is 808 g/mol. The van der Waals surface area contributed by atoms with Gasteiger partial charge in [-0.15, -0.1) is 0 Å². The minimum atomic E-state index is -0.683. The Morgan fingerprint density at radius 1 is 1.02 bits per heavy atom. The highest BCUT2D eigenvalue weighted by molar-refractivity contribution is 6.13. The van der Waals surface area contributed by atoms with E-state index in [9.17, 15) is 24.3 Å². The Balaban J connectivity index is 1.14. The van der Waals surface area contributed by atoms with Gasteiger partial charge in [0.05, 0.1) is 23.7 Å². The first-order chi connectivity index (χ1) is 27.2. The fourth-order valence-corrected chi connectivity index (χ4v) is 9.99. The number of carbonyl (C=O) groups is 4. The number of nitrogens with zero attached hydrogens (tertiary/aromatic N) is 1. The zero-order valence-corrected chi connectivity index (χ0v) is 37.3. The van der Waals surface area contributed by atoms with Gasteiger partial charge in [0, 0.05) is 50.4 Å². The Morgan fingerprint density at radius 3 is 2.43 bits per heavy atom. The minimum Gasteiger partial charge on any atom is -0.390 e. The van der Waals surface area contributed by atoms with Gasteiger partial charge in [0.25, 0.3) is 11.8 Å². The third kappa shape index (κ3) is 14.0. The Labute approximate surface area is 350 Å². The van der Waals surface area contributed by atoms with Gasteiger partial charge in [-0.2, -0.15) is 0 Å². The molecule has 4 aliphatic rings. The molecule has 3 N–H and O–H groups in total. The van der Waals surface area contributed by atoms with Crippen LogP contribution in [0.4, 0.5) is 0 Å². The molecule has 1 unspecified atom stereocenters. The lowest BCUT2D eigenvalue weighted by Crippen LogP contribution is -2.48. The van der Waals surface area contributed by atoms with E-state index in [0.29, 0.717) is 49.9 Å². The number of allylic oxidation sites excluding steroid dienone is 4. The molecule has 0 aromatic carbocycles. The number of imide groups is 1. The summed E-state index contributed by atoms with van der Waals surface area (Å²) in [5, 5.41) is 16.3. The largest absolute Gasteiger partial charge is 0.390 e. The van der Waals surface area contributed by atoms with Crippen LogP contribution >= 0.6 is 0 Å². The first-order valence-electron chi connectivity index (χ1n) is 22.4. The number of rotatable bonds is 22. The predicted molar refractivity (Wildman–Crippen MR) is 231 cm³/mol. The van der Waals surface area contributed by atoms with Crippen LogP contribution in [-0.4, -0.2) is 82.8 Å². The zero-order chi connectivity index (χ0) is 42.7. The molecule has 1 heterocycles. The van der Waals surface area contributed by atoms with Crippen LogP contribution < -0.4 is 10.6 Å². The lowest BCUT2D eigenvalue weighted by atomic mass is 9.60. The van der Waals surface area contributed by atoms with Crippen LogP contribution in [0.1, 0.15) is 158 Å². The van der Waals surface area contributed by atoms with Gasteiger partial charge in [-0.3, -0.25) is 24.1 Å². The first-order valence-corrected chi connectivity index (χ1v) is 22.4. The molecule has 0 spiro atoms. The van der Waals surface area contributed by atoms with Crippen molar-refractivity contribution in [3.05, 3.63) is 47.6 Å². The lowest BCUT2D eigenvalue weighted by molar-refractivity contribution is -0.137. The summed E-state index contributed by atoms with van der Waals surface area (Å²) in [5.74, 6) is 0.994. The van der Waals surface area contributed by atoms with Crippen molar-refractivity contribution in [1.82, 2.24) is 15.5 Å². The number of hydrogen-bond donors (Lipinski definition) is 3. The molecule has 326 valence electrons. The van der Waals surface area contributed by atoms with Gasteiger partial charge < -0.3 is 25.2 Å². The minimum absolute atomic E-state index is 0.0348. The molecule has 0 radical (unpaired) electrons. The predicted octanol–water partition coefficient (Wildman–Crippen LogP) is 8.44. The van der Waals surface area contributed by atoms with Gasteiger partial charge in [-0.05, 0) is 140 Å². The van der Waals surface area contributed by atoms with Crippen molar-refractivity contribution in [3.8, 4) is 0 Å². The Hall–Kier alpha value is -3.08. The molecule has 1 aliphatic heterocycles. The van der Waals surface area contributed by atoms with Crippen LogP contribution in [0.2, 0.25) is 0 Å². The molecular formula is C48H77N3O7. The van der Waals surface area contributed by atoms with E-state index in [4.69, 9.17) is 9.47 Å². The van der Waals surface area contributed by atoms with E-state index in [1.165, 1.54) is 61.8 Å². The van der Waals surface area contributed by atoms with Crippen molar-refractivity contribution in [1.29, 1.82) is 0 Å². The topological polar surface area (TPSA) is 134 Å². The van der Waals surface area contributed by atoms with E-state index in [2.05, 4.69) is 43.2 Å². The molecule has 3 aliphatic carbocycles. The van der Waals surface area contributed by atoms with Crippen molar-refractivity contribution in [2.75, 3.05) is 26.3 Å². The summed E-state index contributed by atoms with van der Waals surface area (Å²) in [6.45, 7) is 22.5. The van der Waals surface area contributed by atoms with Gasteiger partial charge in [-0.1, -0.05) is 63.5 Å². The van der Waals surface area contributed by atoms with Gasteiger partial charge in [0.2, 0.25) is 11.8 Å². The normalized spacial score (nSPS) is 26.9. The molecule has 3 saturated carbocycles. The number of ether oxygens (including phenoxy) is 2. The first kappa shape index (κ1) is 47.6. The molecular weight excluding hydrogens is 731 g/mol. The van der Waals surface area contributed by atoms with E-state index in [1.54, 1.807) is 5.57 Å². The average molecular weight is 808 g/mol. The highest BCUT2D eigenvalue weighted by atomic mass is 16.5. The van der Waals surface area contributed by atoms with Crippen molar-refractivity contribution < 1.29 is 33.8 Å². The molecule has 58 heavy (non-hydrogen) atoms. The molecule has 0 aromatic heterocycles. The zero-order valence-electron chi connectivity index (χ0n) is 37.3. The molecule has 10 nitrogen and oxygen atoms in total. The van der Waals surface area contributed by atoms with Gasteiger partial charge in [0.15, 0.2) is 0 Å². The number of carbonyl (C=O) groups excluding carboxylic acids is 4. The standard InChI is InChI=1S/C48H77N3O7/c1-10-47(8,50-41(52)24-29-51-43(54)22-23-44(51)55)27-31-58-46(6,7)33-42(53)49-28-13-30-57-38-19-16-34(2)37(32-38)18-17-36-15-12-26-48(9)39(20-21-40(36)48)35(3)14-11-25-45(4,5)56/h17-18,22-23,35,38-40,56H,2,10-16,19-21,24-33H2,1,3-9H3,(H,49,53)(H,50,52)/b36-17+,37-18-/t35-,38+,39-,40+,47?,48-/m1/s1. The second-order valence-corrected chi connectivity index (χ2v) is 19.7. The van der Waals surface area contributed by atoms with E-state index in [1.807, 2.05) is 41.5 Å². The summed E-state index contributed by atoms with van der Waals surface area (Å²) in [6, 6.07) is 0. The van der Waals surface area contributed by atoms with Crippen molar-refractivity contribution in [2.45, 2.75) is 181 Å². The summed E-state index contributed by atoms with van der Waals surface area (Å²) < 4.78 is 12.5. The molecule has 0 aromatic rings. The number of aliphatic hydroxyl groups is 1. The molecule has 4 rings (SSSR count). The van der Waals surface area contributed by atoms with E-state index in [-0.39, 0.29) is 37.3 Å². The van der Waals surface area contributed by atoms with E-state index in [0.717, 1.165) is 49.3 Å². The summed E-state index contributed by atoms with van der Waals surface area (Å²) in [7, 11) is 0. The maximum Gasteiger partial charge on any atom is 0.253 e. The number of amides is 4. The van der Waals surface area contributed by atoms with Gasteiger partial charge in [-0.25, -0.2) is 0 Å². The maximum atomic E-state index is 12.8. The Morgan fingerprint density at radius 2 is 1.74 bits per heavy atom. The summed E-state index contributed by atoms with van der Waals surface area (Å²) in [6.07, 6.45) is 21.9. The number of hydrogen-bond acceptors (Lipinski definition) is 7. The number of nitrogens with one attached hydrogen (secondary N) is 2. The van der Waals surface area contributed by atoms with E-state index < -0.39 is 28.6 Å². The lowest BCUT2D eigenvalue weighted by Gasteiger charge is -2.44. The third-order valence-corrected chi connectivity index (χ3v) is 13.8. The summed E-state index contributed by atoms with van der Waals surface area (Å²) in [5.41, 5.74) is 2.74. The molecule has 10 heteroatoms. The molecule has 0 bridgehead atoms. The Bertz CT molecular complexity index is 1540. The van der Waals surface area contributed by atoms with Crippen LogP contribution in [0.25, 0.3) is 0 Å².